The highest BCUT2D eigenvalue weighted by molar-refractivity contribution is 5.52. The molecule has 4 heteroatoms. The van der Waals surface area contributed by atoms with E-state index in [1.165, 1.54) is 0 Å². The minimum Gasteiger partial charge on any atom is -0.493 e. The van der Waals surface area contributed by atoms with Gasteiger partial charge in [0.15, 0.2) is 11.5 Å². The van der Waals surface area contributed by atoms with Gasteiger partial charge in [-0.2, -0.15) is 5.26 Å². The molecule has 0 saturated heterocycles. The van der Waals surface area contributed by atoms with Gasteiger partial charge in [0.05, 0.1) is 12.7 Å². The Morgan fingerprint density at radius 2 is 1.70 bits per heavy atom. The molecule has 0 aromatic heterocycles. The van der Waals surface area contributed by atoms with Crippen LogP contribution in [0.25, 0.3) is 0 Å². The summed E-state index contributed by atoms with van der Waals surface area (Å²) in [6.45, 7) is 0.733. The minimum atomic E-state index is 0.337. The van der Waals surface area contributed by atoms with Crippen molar-refractivity contribution >= 4 is 0 Å². The van der Waals surface area contributed by atoms with E-state index in [1.54, 1.807) is 25.3 Å². The summed E-state index contributed by atoms with van der Waals surface area (Å²) in [6.07, 6.45) is 0. The molecule has 0 heterocycles. The van der Waals surface area contributed by atoms with E-state index < -0.39 is 0 Å². The highest BCUT2D eigenvalue weighted by Crippen LogP contribution is 2.30. The lowest BCUT2D eigenvalue weighted by molar-refractivity contribution is 0.211. The number of para-hydroxylation sites is 2. The Morgan fingerprint density at radius 3 is 2.40 bits per heavy atom. The van der Waals surface area contributed by atoms with E-state index in [9.17, 15) is 0 Å². The van der Waals surface area contributed by atoms with Crippen molar-refractivity contribution in [1.82, 2.24) is 0 Å². The molecule has 2 rings (SSSR count). The molecule has 102 valence electrons. The summed E-state index contributed by atoms with van der Waals surface area (Å²) in [5, 5.41) is 9.06. The van der Waals surface area contributed by atoms with Crippen LogP contribution < -0.4 is 14.2 Å². The topological polar surface area (TPSA) is 51.5 Å². The normalized spacial score (nSPS) is 9.60. The van der Waals surface area contributed by atoms with E-state index in [1.807, 2.05) is 30.3 Å². The molecule has 20 heavy (non-hydrogen) atoms. The Bertz CT molecular complexity index is 590. The minimum absolute atomic E-state index is 0.337. The van der Waals surface area contributed by atoms with Crippen molar-refractivity contribution in [2.45, 2.75) is 0 Å². The SMILES string of the molecule is COc1cccc(C#N)c1OCCOc1ccccc1. The third kappa shape index (κ3) is 3.42. The van der Waals surface area contributed by atoms with Crippen LogP contribution in [0, 0.1) is 11.3 Å². The van der Waals surface area contributed by atoms with Crippen molar-refractivity contribution in [3.8, 4) is 23.3 Å². The van der Waals surface area contributed by atoms with Crippen molar-refractivity contribution in [1.29, 1.82) is 5.26 Å². The zero-order chi connectivity index (χ0) is 14.2. The molecule has 4 nitrogen and oxygen atoms in total. The highest BCUT2D eigenvalue weighted by atomic mass is 16.5. The number of nitrogens with zero attached hydrogens (tertiary/aromatic N) is 1. The first-order valence-electron chi connectivity index (χ1n) is 6.23. The Kier molecular flexibility index (Phi) is 4.85. The van der Waals surface area contributed by atoms with Crippen LogP contribution in [0.5, 0.6) is 17.2 Å². The summed E-state index contributed by atoms with van der Waals surface area (Å²) < 4.78 is 16.3. The zero-order valence-corrected chi connectivity index (χ0v) is 11.2. The molecular weight excluding hydrogens is 254 g/mol. The lowest BCUT2D eigenvalue weighted by Crippen LogP contribution is -2.10. The van der Waals surface area contributed by atoms with Crippen LogP contribution in [0.2, 0.25) is 0 Å². The molecule has 0 N–H and O–H groups in total. The standard InChI is InChI=1S/C16H15NO3/c1-18-15-9-5-6-13(12-17)16(15)20-11-10-19-14-7-3-2-4-8-14/h2-9H,10-11H2,1H3. The highest BCUT2D eigenvalue weighted by Gasteiger charge is 2.09. The summed E-state index contributed by atoms with van der Waals surface area (Å²) in [5.41, 5.74) is 0.448. The van der Waals surface area contributed by atoms with Crippen molar-refractivity contribution in [3.63, 3.8) is 0 Å². The van der Waals surface area contributed by atoms with Gasteiger partial charge in [-0.05, 0) is 24.3 Å². The smallest absolute Gasteiger partial charge is 0.179 e. The molecule has 0 aliphatic rings. The van der Waals surface area contributed by atoms with Gasteiger partial charge in [0, 0.05) is 0 Å². The fourth-order valence-electron chi connectivity index (χ4n) is 1.73. The molecule has 0 amide bonds. The lowest BCUT2D eigenvalue weighted by Gasteiger charge is -2.12. The van der Waals surface area contributed by atoms with Gasteiger partial charge in [0.1, 0.15) is 25.0 Å². The van der Waals surface area contributed by atoms with Crippen LogP contribution >= 0.6 is 0 Å². The predicted octanol–water partition coefficient (Wildman–Crippen LogP) is 3.02. The summed E-state index contributed by atoms with van der Waals surface area (Å²) in [4.78, 5) is 0. The molecule has 0 spiro atoms. The largest absolute Gasteiger partial charge is 0.493 e. The van der Waals surface area contributed by atoms with Crippen LogP contribution in [0.4, 0.5) is 0 Å². The van der Waals surface area contributed by atoms with Crippen LogP contribution in [0.1, 0.15) is 5.56 Å². The molecule has 0 radical (unpaired) electrons. The molecule has 2 aromatic carbocycles. The van der Waals surface area contributed by atoms with Crippen LogP contribution in [-0.4, -0.2) is 20.3 Å². The molecule has 0 unspecified atom stereocenters. The first-order valence-corrected chi connectivity index (χ1v) is 6.23. The second kappa shape index (κ2) is 7.05. The molecule has 0 bridgehead atoms. The maximum atomic E-state index is 9.06. The molecule has 0 fully saturated rings. The Labute approximate surface area is 118 Å². The van der Waals surface area contributed by atoms with Gasteiger partial charge in [0.2, 0.25) is 0 Å². The number of methoxy groups -OCH3 is 1. The Balaban J connectivity index is 1.93. The van der Waals surface area contributed by atoms with E-state index in [0.717, 1.165) is 5.75 Å². The van der Waals surface area contributed by atoms with Gasteiger partial charge >= 0.3 is 0 Å². The van der Waals surface area contributed by atoms with E-state index in [2.05, 4.69) is 6.07 Å². The van der Waals surface area contributed by atoms with Gasteiger partial charge in [-0.15, -0.1) is 0 Å². The maximum Gasteiger partial charge on any atom is 0.179 e. The van der Waals surface area contributed by atoms with Crippen molar-refractivity contribution in [2.24, 2.45) is 0 Å². The summed E-state index contributed by atoms with van der Waals surface area (Å²) in [5.74, 6) is 1.79. The summed E-state index contributed by atoms with van der Waals surface area (Å²) >= 11 is 0. The third-order valence-electron chi connectivity index (χ3n) is 2.66. The van der Waals surface area contributed by atoms with Gasteiger partial charge in [-0.25, -0.2) is 0 Å². The molecular formula is C16H15NO3. The zero-order valence-electron chi connectivity index (χ0n) is 11.2. The van der Waals surface area contributed by atoms with E-state index in [0.29, 0.717) is 30.3 Å². The van der Waals surface area contributed by atoms with Crippen LogP contribution in [0.3, 0.4) is 0 Å². The van der Waals surface area contributed by atoms with Gasteiger partial charge in [-0.3, -0.25) is 0 Å². The summed E-state index contributed by atoms with van der Waals surface area (Å²) in [6, 6.07) is 16.8. The monoisotopic (exact) mass is 269 g/mol. The number of nitriles is 1. The first kappa shape index (κ1) is 13.8. The van der Waals surface area contributed by atoms with Gasteiger partial charge < -0.3 is 14.2 Å². The number of rotatable bonds is 6. The number of hydrogen-bond donors (Lipinski definition) is 0. The van der Waals surface area contributed by atoms with Gasteiger partial charge in [-0.1, -0.05) is 24.3 Å². The second-order valence-corrected chi connectivity index (χ2v) is 3.96. The first-order chi connectivity index (χ1) is 9.85. The maximum absolute atomic E-state index is 9.06. The average molecular weight is 269 g/mol. The quantitative estimate of drug-likeness (QED) is 0.756. The van der Waals surface area contributed by atoms with Crippen LogP contribution in [0.15, 0.2) is 48.5 Å². The van der Waals surface area contributed by atoms with Gasteiger partial charge in [0.25, 0.3) is 0 Å². The molecule has 0 atom stereocenters. The second-order valence-electron chi connectivity index (χ2n) is 3.96. The van der Waals surface area contributed by atoms with Crippen LogP contribution in [-0.2, 0) is 0 Å². The van der Waals surface area contributed by atoms with E-state index in [4.69, 9.17) is 19.5 Å². The fraction of sp³-hybridized carbons (Fsp3) is 0.188. The van der Waals surface area contributed by atoms with Crippen molar-refractivity contribution in [2.75, 3.05) is 20.3 Å². The Morgan fingerprint density at radius 1 is 0.950 bits per heavy atom. The lowest BCUT2D eigenvalue weighted by atomic mass is 10.2. The average Bonchev–Trinajstić information content (AvgIpc) is 2.52. The third-order valence-corrected chi connectivity index (χ3v) is 2.66. The van der Waals surface area contributed by atoms with Crippen molar-refractivity contribution < 1.29 is 14.2 Å². The molecule has 0 saturated carbocycles. The number of hydrogen-bond acceptors (Lipinski definition) is 4. The van der Waals surface area contributed by atoms with Crippen molar-refractivity contribution in [3.05, 3.63) is 54.1 Å². The van der Waals surface area contributed by atoms with E-state index in [-0.39, 0.29) is 0 Å². The number of ether oxygens (including phenoxy) is 3. The predicted molar refractivity (Wildman–Crippen MR) is 75.1 cm³/mol. The number of benzene rings is 2. The molecule has 0 aliphatic heterocycles. The molecule has 2 aromatic rings. The van der Waals surface area contributed by atoms with E-state index >= 15 is 0 Å². The molecule has 0 aliphatic carbocycles. The fourth-order valence-corrected chi connectivity index (χ4v) is 1.73. The summed E-state index contributed by atoms with van der Waals surface area (Å²) in [7, 11) is 1.55. The Hall–Kier alpha value is -2.67.